The third-order valence-corrected chi connectivity index (χ3v) is 3.72. The largest absolute Gasteiger partial charge is 0.384 e. The van der Waals surface area contributed by atoms with Crippen molar-refractivity contribution in [3.05, 3.63) is 12.7 Å². The molecule has 0 saturated heterocycles. The van der Waals surface area contributed by atoms with E-state index in [1.165, 1.54) is 0 Å². The molecule has 118 valence electrons. The maximum Gasteiger partial charge on any atom is 0.0591 e. The maximum absolute atomic E-state index is 5.90. The van der Waals surface area contributed by atoms with Gasteiger partial charge < -0.3 is 24.9 Å². The first-order valence-electron chi connectivity index (χ1n) is 6.89. The molecule has 5 nitrogen and oxygen atoms in total. The summed E-state index contributed by atoms with van der Waals surface area (Å²) in [4.78, 5) is 4.01. The van der Waals surface area contributed by atoms with Crippen LogP contribution in [0, 0.1) is 10.8 Å². The average Bonchev–Trinajstić information content (AvgIpc) is 2.46. The Morgan fingerprint density at radius 1 is 1.15 bits per heavy atom. The zero-order chi connectivity index (χ0) is 15.5. The van der Waals surface area contributed by atoms with Crippen LogP contribution in [-0.4, -0.2) is 60.5 Å². The van der Waals surface area contributed by atoms with E-state index in [9.17, 15) is 0 Å². The Kier molecular flexibility index (Phi) is 9.67. The Labute approximate surface area is 123 Å². The first kappa shape index (κ1) is 19.2. The maximum atomic E-state index is 5.90. The molecule has 0 bridgehead atoms. The van der Waals surface area contributed by atoms with Gasteiger partial charge in [0.25, 0.3) is 0 Å². The van der Waals surface area contributed by atoms with E-state index in [0.717, 1.165) is 6.42 Å². The molecule has 0 aliphatic carbocycles. The highest BCUT2D eigenvalue weighted by Gasteiger charge is 2.31. The number of nitrogens with zero attached hydrogens (tertiary/aromatic N) is 1. The van der Waals surface area contributed by atoms with E-state index in [2.05, 4.69) is 25.2 Å². The van der Waals surface area contributed by atoms with Gasteiger partial charge >= 0.3 is 0 Å². The van der Waals surface area contributed by atoms with Gasteiger partial charge in [-0.2, -0.15) is 0 Å². The number of rotatable bonds is 13. The normalized spacial score (nSPS) is 17.2. The summed E-state index contributed by atoms with van der Waals surface area (Å²) >= 11 is 0. The predicted octanol–water partition coefficient (Wildman–Crippen LogP) is 1.52. The van der Waals surface area contributed by atoms with Crippen LogP contribution >= 0.6 is 0 Å². The molecule has 2 unspecified atom stereocenters. The molecule has 0 saturated carbocycles. The first-order chi connectivity index (χ1) is 9.57. The lowest BCUT2D eigenvalue weighted by molar-refractivity contribution is -0.0384. The molecular formula is C15H30N2O3. The number of methoxy groups -OCH3 is 2. The molecule has 5 heteroatoms. The molecule has 0 fully saturated rings. The van der Waals surface area contributed by atoms with Gasteiger partial charge in [0.1, 0.15) is 0 Å². The van der Waals surface area contributed by atoms with E-state index < -0.39 is 0 Å². The zero-order valence-electron chi connectivity index (χ0n) is 13.2. The molecule has 0 radical (unpaired) electrons. The van der Waals surface area contributed by atoms with Crippen LogP contribution in [0.1, 0.15) is 13.3 Å². The third kappa shape index (κ3) is 5.71. The van der Waals surface area contributed by atoms with Crippen LogP contribution in [0.15, 0.2) is 17.6 Å². The fourth-order valence-corrected chi connectivity index (χ4v) is 2.11. The topological polar surface area (TPSA) is 66.1 Å². The average molecular weight is 286 g/mol. The number of hydrogen-bond acceptors (Lipinski definition) is 5. The van der Waals surface area contributed by atoms with Crippen molar-refractivity contribution >= 4 is 6.72 Å². The van der Waals surface area contributed by atoms with Gasteiger partial charge in [0, 0.05) is 38.1 Å². The van der Waals surface area contributed by atoms with Crippen molar-refractivity contribution in [3.8, 4) is 0 Å². The minimum Gasteiger partial charge on any atom is -0.384 e. The van der Waals surface area contributed by atoms with Gasteiger partial charge in [-0.1, -0.05) is 13.0 Å². The van der Waals surface area contributed by atoms with Crippen molar-refractivity contribution < 1.29 is 14.2 Å². The van der Waals surface area contributed by atoms with Crippen LogP contribution in [0.25, 0.3) is 0 Å². The lowest BCUT2D eigenvalue weighted by Crippen LogP contribution is -2.40. The summed E-state index contributed by atoms with van der Waals surface area (Å²) in [7, 11) is 3.34. The Bertz CT molecular complexity index is 286. The fourth-order valence-electron chi connectivity index (χ4n) is 2.11. The first-order valence-corrected chi connectivity index (χ1v) is 6.89. The van der Waals surface area contributed by atoms with Crippen molar-refractivity contribution in [2.45, 2.75) is 13.3 Å². The van der Waals surface area contributed by atoms with Crippen molar-refractivity contribution in [2.24, 2.45) is 21.6 Å². The second kappa shape index (κ2) is 10.0. The number of ether oxygens (including phenoxy) is 3. The Morgan fingerprint density at radius 3 is 2.20 bits per heavy atom. The number of aliphatic imine (C=N–C) groups is 1. The highest BCUT2D eigenvalue weighted by Crippen LogP contribution is 2.25. The molecule has 0 rings (SSSR count). The molecule has 0 amide bonds. The molecular weight excluding hydrogens is 256 g/mol. The van der Waals surface area contributed by atoms with Crippen LogP contribution < -0.4 is 5.73 Å². The fraction of sp³-hybridized carbons (Fsp3) is 0.800. The van der Waals surface area contributed by atoms with E-state index in [0.29, 0.717) is 39.5 Å². The monoisotopic (exact) mass is 286 g/mol. The van der Waals surface area contributed by atoms with E-state index in [-0.39, 0.29) is 10.8 Å². The summed E-state index contributed by atoms with van der Waals surface area (Å²) < 4.78 is 16.4. The van der Waals surface area contributed by atoms with E-state index in [4.69, 9.17) is 19.9 Å². The lowest BCUT2D eigenvalue weighted by atomic mass is 9.86. The molecule has 2 N–H and O–H groups in total. The highest BCUT2D eigenvalue weighted by molar-refractivity contribution is 5.23. The number of nitrogens with two attached hydrogens (primary N) is 1. The van der Waals surface area contributed by atoms with E-state index in [1.54, 1.807) is 14.2 Å². The summed E-state index contributed by atoms with van der Waals surface area (Å²) in [6, 6.07) is 0. The minimum absolute atomic E-state index is 0.134. The second-order valence-electron chi connectivity index (χ2n) is 5.36. The minimum atomic E-state index is -0.344. The quantitative estimate of drug-likeness (QED) is 0.412. The van der Waals surface area contributed by atoms with Gasteiger partial charge in [-0.15, -0.1) is 6.58 Å². The standard InChI is InChI=1S/C15H30N2O3/c1-6-14(8-16,10-18-4)12-20-13-15(7-2,9-17-3)11-19-5/h6H,1,3,7-13,16H2,2,4-5H3. The van der Waals surface area contributed by atoms with Gasteiger partial charge in [-0.3, -0.25) is 0 Å². The Morgan fingerprint density at radius 2 is 1.80 bits per heavy atom. The van der Waals surface area contributed by atoms with Crippen LogP contribution in [0.2, 0.25) is 0 Å². The van der Waals surface area contributed by atoms with Crippen molar-refractivity contribution in [3.63, 3.8) is 0 Å². The van der Waals surface area contributed by atoms with Crippen LogP contribution in [-0.2, 0) is 14.2 Å². The molecule has 2 atom stereocenters. The van der Waals surface area contributed by atoms with Crippen molar-refractivity contribution in [2.75, 3.05) is 53.7 Å². The SMILES string of the molecule is C=CC(CN)(COC)COCC(CC)(CN=C)COC. The van der Waals surface area contributed by atoms with Crippen molar-refractivity contribution in [1.82, 2.24) is 0 Å². The van der Waals surface area contributed by atoms with E-state index in [1.807, 2.05) is 6.08 Å². The van der Waals surface area contributed by atoms with Crippen LogP contribution in [0.4, 0.5) is 0 Å². The van der Waals surface area contributed by atoms with Gasteiger partial charge in [0.15, 0.2) is 0 Å². The second-order valence-corrected chi connectivity index (χ2v) is 5.36. The summed E-state index contributed by atoms with van der Waals surface area (Å²) in [5.74, 6) is 0. The molecule has 0 aromatic heterocycles. The molecule has 0 heterocycles. The van der Waals surface area contributed by atoms with Crippen LogP contribution in [0.5, 0.6) is 0 Å². The van der Waals surface area contributed by atoms with Gasteiger partial charge in [0.05, 0.1) is 26.4 Å². The summed E-state index contributed by atoms with van der Waals surface area (Å²) in [5, 5.41) is 0. The molecule has 0 aliphatic heterocycles. The highest BCUT2D eigenvalue weighted by atomic mass is 16.5. The molecule has 0 aromatic rings. The Hall–Kier alpha value is -0.750. The Balaban J connectivity index is 4.61. The summed E-state index contributed by atoms with van der Waals surface area (Å²) in [6.07, 6.45) is 2.72. The number of hydrogen-bond donors (Lipinski definition) is 1. The molecule has 0 spiro atoms. The van der Waals surface area contributed by atoms with Gasteiger partial charge in [-0.25, -0.2) is 0 Å². The predicted molar refractivity (Wildman–Crippen MR) is 83.4 cm³/mol. The van der Waals surface area contributed by atoms with Crippen molar-refractivity contribution in [1.29, 1.82) is 0 Å². The summed E-state index contributed by atoms with van der Waals surface area (Å²) in [6.45, 7) is 12.7. The smallest absolute Gasteiger partial charge is 0.0591 e. The summed E-state index contributed by atoms with van der Waals surface area (Å²) in [5.41, 5.74) is 5.34. The van der Waals surface area contributed by atoms with Gasteiger partial charge in [-0.05, 0) is 13.1 Å². The molecule has 20 heavy (non-hydrogen) atoms. The lowest BCUT2D eigenvalue weighted by Gasteiger charge is -2.33. The van der Waals surface area contributed by atoms with E-state index >= 15 is 0 Å². The van der Waals surface area contributed by atoms with Crippen LogP contribution in [0.3, 0.4) is 0 Å². The molecule has 0 aromatic carbocycles. The van der Waals surface area contributed by atoms with Gasteiger partial charge in [0.2, 0.25) is 0 Å². The zero-order valence-corrected chi connectivity index (χ0v) is 13.2. The third-order valence-electron chi connectivity index (χ3n) is 3.72. The molecule has 0 aliphatic rings.